The number of carbonyl (C=O) groups is 1. The van der Waals surface area contributed by atoms with Gasteiger partial charge in [-0.25, -0.2) is 4.98 Å². The highest BCUT2D eigenvalue weighted by Gasteiger charge is 2.14. The van der Waals surface area contributed by atoms with Crippen molar-refractivity contribution in [3.05, 3.63) is 59.2 Å². The van der Waals surface area contributed by atoms with E-state index < -0.39 is 0 Å². The van der Waals surface area contributed by atoms with E-state index in [2.05, 4.69) is 9.97 Å². The summed E-state index contributed by atoms with van der Waals surface area (Å²) in [5.41, 5.74) is 8.46. The van der Waals surface area contributed by atoms with Crippen molar-refractivity contribution in [3.63, 3.8) is 0 Å². The minimum absolute atomic E-state index is 0.178. The number of nitrogens with zero attached hydrogens (tertiary/aromatic N) is 3. The van der Waals surface area contributed by atoms with Crippen molar-refractivity contribution in [3.8, 4) is 0 Å². The molecule has 0 radical (unpaired) electrons. The average molecular weight is 300 g/mol. The lowest BCUT2D eigenvalue weighted by atomic mass is 10.1. The van der Waals surface area contributed by atoms with E-state index in [9.17, 15) is 4.79 Å². The van der Waals surface area contributed by atoms with Gasteiger partial charge in [-0.2, -0.15) is 0 Å². The first-order chi connectivity index (χ1) is 9.97. The van der Waals surface area contributed by atoms with Gasteiger partial charge in [0.2, 0.25) is 0 Å². The summed E-state index contributed by atoms with van der Waals surface area (Å²) >= 11 is 4.95. The first-order valence-electron chi connectivity index (χ1n) is 6.40. The number of hydrogen-bond donors (Lipinski definition) is 1. The van der Waals surface area contributed by atoms with Crippen molar-refractivity contribution in [2.45, 2.75) is 13.5 Å². The zero-order chi connectivity index (χ0) is 15.4. The summed E-state index contributed by atoms with van der Waals surface area (Å²) in [6.07, 6.45) is 3.06. The zero-order valence-corrected chi connectivity index (χ0v) is 12.7. The van der Waals surface area contributed by atoms with Crippen molar-refractivity contribution in [1.29, 1.82) is 0 Å². The summed E-state index contributed by atoms with van der Waals surface area (Å²) in [5, 5.41) is 0. The van der Waals surface area contributed by atoms with Crippen molar-refractivity contribution in [1.82, 2.24) is 14.9 Å². The van der Waals surface area contributed by atoms with E-state index >= 15 is 0 Å². The Labute approximate surface area is 128 Å². The normalized spacial score (nSPS) is 10.2. The van der Waals surface area contributed by atoms with Crippen LogP contribution in [0.5, 0.6) is 0 Å². The van der Waals surface area contributed by atoms with Gasteiger partial charge < -0.3 is 10.6 Å². The molecule has 108 valence electrons. The van der Waals surface area contributed by atoms with Gasteiger partial charge in [0.15, 0.2) is 0 Å². The quantitative estimate of drug-likeness (QED) is 0.870. The Morgan fingerprint density at radius 1 is 1.33 bits per heavy atom. The molecule has 0 saturated heterocycles. The predicted octanol–water partition coefficient (Wildman–Crippen LogP) is 1.69. The molecule has 1 aromatic heterocycles. The van der Waals surface area contributed by atoms with Crippen LogP contribution < -0.4 is 5.73 Å². The van der Waals surface area contributed by atoms with E-state index in [0.717, 1.165) is 16.8 Å². The molecule has 2 N–H and O–H groups in total. The van der Waals surface area contributed by atoms with Crippen LogP contribution in [0.1, 0.15) is 27.3 Å². The summed E-state index contributed by atoms with van der Waals surface area (Å²) in [4.78, 5) is 22.4. The maximum absolute atomic E-state index is 12.3. The fourth-order valence-electron chi connectivity index (χ4n) is 1.87. The summed E-state index contributed by atoms with van der Waals surface area (Å²) in [6.45, 7) is 2.27. The van der Waals surface area contributed by atoms with Crippen molar-refractivity contribution >= 4 is 23.1 Å². The fourth-order valence-corrected chi connectivity index (χ4v) is 1.99. The monoisotopic (exact) mass is 300 g/mol. The van der Waals surface area contributed by atoms with Crippen molar-refractivity contribution < 1.29 is 4.79 Å². The molecule has 0 aliphatic rings. The molecule has 0 saturated carbocycles. The summed E-state index contributed by atoms with van der Waals surface area (Å²) in [6, 6.07) is 7.52. The van der Waals surface area contributed by atoms with E-state index in [1.807, 2.05) is 31.2 Å². The maximum atomic E-state index is 12.3. The standard InChI is InChI=1S/C15H16N4OS/c1-10-7-18-13(8-17-10)15(20)19(2)9-11-4-3-5-12(6-11)14(16)21/h3-8H,9H2,1-2H3,(H2,16,21). The molecule has 0 fully saturated rings. The van der Waals surface area contributed by atoms with E-state index in [4.69, 9.17) is 18.0 Å². The Hall–Kier alpha value is -2.34. The molecule has 21 heavy (non-hydrogen) atoms. The SMILES string of the molecule is Cc1cnc(C(=O)N(C)Cc2cccc(C(N)=S)c2)cn1. The molecule has 2 aromatic rings. The molecule has 0 aliphatic heterocycles. The van der Waals surface area contributed by atoms with Gasteiger partial charge in [0, 0.05) is 25.4 Å². The van der Waals surface area contributed by atoms with Crippen LogP contribution in [-0.2, 0) is 6.54 Å². The maximum Gasteiger partial charge on any atom is 0.274 e. The fraction of sp³-hybridized carbons (Fsp3) is 0.200. The van der Waals surface area contributed by atoms with Crippen LogP contribution in [0.25, 0.3) is 0 Å². The number of aromatic nitrogens is 2. The topological polar surface area (TPSA) is 72.1 Å². The number of thiocarbonyl (C=S) groups is 1. The Bertz CT molecular complexity index is 670. The second-order valence-electron chi connectivity index (χ2n) is 4.77. The molecule has 2 rings (SSSR count). The van der Waals surface area contributed by atoms with Crippen LogP contribution in [0.2, 0.25) is 0 Å². The number of aryl methyl sites for hydroxylation is 1. The van der Waals surface area contributed by atoms with Crippen LogP contribution in [0.4, 0.5) is 0 Å². The van der Waals surface area contributed by atoms with Gasteiger partial charge in [0.1, 0.15) is 10.7 Å². The third-order valence-electron chi connectivity index (χ3n) is 2.98. The minimum atomic E-state index is -0.178. The highest BCUT2D eigenvalue weighted by Crippen LogP contribution is 2.09. The van der Waals surface area contributed by atoms with Crippen LogP contribution >= 0.6 is 12.2 Å². The highest BCUT2D eigenvalue weighted by molar-refractivity contribution is 7.80. The van der Waals surface area contributed by atoms with Gasteiger partial charge in [0.05, 0.1) is 11.9 Å². The Kier molecular flexibility index (Phi) is 4.59. The molecule has 0 spiro atoms. The van der Waals surface area contributed by atoms with Crippen LogP contribution in [-0.4, -0.2) is 32.8 Å². The van der Waals surface area contributed by atoms with Crippen LogP contribution in [0.15, 0.2) is 36.7 Å². The molecule has 6 heteroatoms. The van der Waals surface area contributed by atoms with Crippen LogP contribution in [0.3, 0.4) is 0 Å². The summed E-state index contributed by atoms with van der Waals surface area (Å²) in [5.74, 6) is -0.178. The lowest BCUT2D eigenvalue weighted by Gasteiger charge is -2.17. The predicted molar refractivity (Wildman–Crippen MR) is 84.9 cm³/mol. The first-order valence-corrected chi connectivity index (χ1v) is 6.81. The second-order valence-corrected chi connectivity index (χ2v) is 5.21. The molecule has 0 aliphatic carbocycles. The second kappa shape index (κ2) is 6.41. The first kappa shape index (κ1) is 15.1. The molecule has 0 atom stereocenters. The van der Waals surface area contributed by atoms with E-state index in [0.29, 0.717) is 17.2 Å². The van der Waals surface area contributed by atoms with Gasteiger partial charge in [0.25, 0.3) is 5.91 Å². The number of amides is 1. The molecule has 0 unspecified atom stereocenters. The minimum Gasteiger partial charge on any atom is -0.389 e. The van der Waals surface area contributed by atoms with E-state index in [1.165, 1.54) is 6.20 Å². The van der Waals surface area contributed by atoms with Gasteiger partial charge in [-0.3, -0.25) is 9.78 Å². The van der Waals surface area contributed by atoms with E-state index in [-0.39, 0.29) is 5.91 Å². The van der Waals surface area contributed by atoms with Crippen molar-refractivity contribution in [2.24, 2.45) is 5.73 Å². The molecule has 1 amide bonds. The lowest BCUT2D eigenvalue weighted by molar-refractivity contribution is 0.0779. The van der Waals surface area contributed by atoms with Gasteiger partial charge in [-0.05, 0) is 18.6 Å². The largest absolute Gasteiger partial charge is 0.389 e. The molecular formula is C15H16N4OS. The van der Waals surface area contributed by atoms with Gasteiger partial charge in [-0.15, -0.1) is 0 Å². The van der Waals surface area contributed by atoms with Crippen molar-refractivity contribution in [2.75, 3.05) is 7.05 Å². The summed E-state index contributed by atoms with van der Waals surface area (Å²) < 4.78 is 0. The Morgan fingerprint density at radius 3 is 2.71 bits per heavy atom. The van der Waals surface area contributed by atoms with Gasteiger partial charge in [-0.1, -0.05) is 30.4 Å². The molecule has 5 nitrogen and oxygen atoms in total. The lowest BCUT2D eigenvalue weighted by Crippen LogP contribution is -2.27. The van der Waals surface area contributed by atoms with Crippen LogP contribution in [0, 0.1) is 6.92 Å². The highest BCUT2D eigenvalue weighted by atomic mass is 32.1. The Morgan fingerprint density at radius 2 is 2.10 bits per heavy atom. The molecular weight excluding hydrogens is 284 g/mol. The Balaban J connectivity index is 2.12. The molecule has 1 heterocycles. The number of rotatable bonds is 4. The molecule has 0 bridgehead atoms. The third-order valence-corrected chi connectivity index (χ3v) is 3.21. The summed E-state index contributed by atoms with van der Waals surface area (Å²) in [7, 11) is 1.72. The smallest absolute Gasteiger partial charge is 0.274 e. The van der Waals surface area contributed by atoms with Gasteiger partial charge >= 0.3 is 0 Å². The third kappa shape index (κ3) is 3.82. The average Bonchev–Trinajstić information content (AvgIpc) is 2.47. The number of carbonyl (C=O) groups excluding carboxylic acids is 1. The molecule has 1 aromatic carbocycles. The number of nitrogens with two attached hydrogens (primary N) is 1. The number of benzene rings is 1. The number of hydrogen-bond acceptors (Lipinski definition) is 4. The zero-order valence-electron chi connectivity index (χ0n) is 11.9. The van der Waals surface area contributed by atoms with E-state index in [1.54, 1.807) is 18.1 Å².